The molecule has 0 aliphatic carbocycles. The Labute approximate surface area is 142 Å². The average molecular weight is 341 g/mol. The number of hydrogen-bond donors (Lipinski definition) is 2. The number of rotatable bonds is 7. The molecular formula is C17H15N3O5. The van der Waals surface area contributed by atoms with Crippen LogP contribution in [0.25, 0.3) is 0 Å². The van der Waals surface area contributed by atoms with Crippen LogP contribution in [0.5, 0.6) is 0 Å². The number of amides is 1. The summed E-state index contributed by atoms with van der Waals surface area (Å²) in [6.45, 7) is 0. The lowest BCUT2D eigenvalue weighted by molar-refractivity contribution is -0.385. The lowest BCUT2D eigenvalue weighted by atomic mass is 10.1. The van der Waals surface area contributed by atoms with Crippen LogP contribution in [0.2, 0.25) is 0 Å². The van der Waals surface area contributed by atoms with E-state index < -0.39 is 16.8 Å². The molecule has 2 aromatic carbocycles. The maximum Gasteiger partial charge on any atom is 0.303 e. The lowest BCUT2D eigenvalue weighted by Gasteiger charge is -2.07. The van der Waals surface area contributed by atoms with Gasteiger partial charge in [-0.05, 0) is 11.6 Å². The number of hydrogen-bond acceptors (Lipinski definition) is 5. The van der Waals surface area contributed by atoms with E-state index in [4.69, 9.17) is 5.11 Å². The van der Waals surface area contributed by atoms with Crippen molar-refractivity contribution in [2.75, 3.05) is 0 Å². The van der Waals surface area contributed by atoms with Gasteiger partial charge in [0.2, 0.25) is 0 Å². The summed E-state index contributed by atoms with van der Waals surface area (Å²) in [5.41, 5.74) is 2.84. The summed E-state index contributed by atoms with van der Waals surface area (Å²) in [6, 6.07) is 14.3. The number of carboxylic acid groups (broad SMARTS) is 1. The van der Waals surface area contributed by atoms with Crippen LogP contribution in [0.1, 0.15) is 28.8 Å². The van der Waals surface area contributed by atoms with Crippen LogP contribution in [-0.2, 0) is 4.79 Å². The Morgan fingerprint density at radius 2 is 1.68 bits per heavy atom. The van der Waals surface area contributed by atoms with Crippen LogP contribution >= 0.6 is 0 Å². The molecule has 8 heteroatoms. The predicted octanol–water partition coefficient (Wildman–Crippen LogP) is 2.59. The Bertz CT molecular complexity index is 818. The minimum Gasteiger partial charge on any atom is -0.481 e. The number of carbonyl (C=O) groups is 2. The molecule has 0 atom stereocenters. The van der Waals surface area contributed by atoms with E-state index >= 15 is 0 Å². The molecule has 0 radical (unpaired) electrons. The fourth-order valence-corrected chi connectivity index (χ4v) is 2.12. The average Bonchev–Trinajstić information content (AvgIpc) is 2.62. The molecule has 0 spiro atoms. The van der Waals surface area contributed by atoms with Gasteiger partial charge in [-0.15, -0.1) is 0 Å². The van der Waals surface area contributed by atoms with Gasteiger partial charge in [0.1, 0.15) is 5.56 Å². The van der Waals surface area contributed by atoms with Crippen molar-refractivity contribution in [1.82, 2.24) is 5.43 Å². The fraction of sp³-hybridized carbons (Fsp3) is 0.118. The van der Waals surface area contributed by atoms with Crippen LogP contribution in [0.15, 0.2) is 59.7 Å². The quantitative estimate of drug-likeness (QED) is 0.455. The summed E-state index contributed by atoms with van der Waals surface area (Å²) < 4.78 is 0. The normalized spacial score (nSPS) is 11.0. The highest BCUT2D eigenvalue weighted by Crippen LogP contribution is 2.17. The highest BCUT2D eigenvalue weighted by Gasteiger charge is 2.19. The van der Waals surface area contributed by atoms with E-state index in [1.165, 1.54) is 24.3 Å². The fourth-order valence-electron chi connectivity index (χ4n) is 2.12. The van der Waals surface area contributed by atoms with Crippen molar-refractivity contribution in [1.29, 1.82) is 0 Å². The summed E-state index contributed by atoms with van der Waals surface area (Å²) >= 11 is 0. The Hall–Kier alpha value is -3.55. The van der Waals surface area contributed by atoms with Crippen molar-refractivity contribution in [3.63, 3.8) is 0 Å². The first-order valence-electron chi connectivity index (χ1n) is 7.36. The van der Waals surface area contributed by atoms with Crippen LogP contribution in [0, 0.1) is 10.1 Å². The topological polar surface area (TPSA) is 122 Å². The number of aliphatic carboxylic acids is 1. The SMILES string of the molecule is O=C(O)CC/C(=N\NC(=O)c1ccccc1[N+](=O)[O-])c1ccccc1. The second-order valence-electron chi connectivity index (χ2n) is 5.03. The minimum absolute atomic E-state index is 0.108. The third kappa shape index (κ3) is 4.96. The Kier molecular flexibility index (Phi) is 5.94. The number of hydrazone groups is 1. The van der Waals surface area contributed by atoms with Gasteiger partial charge in [-0.2, -0.15) is 5.10 Å². The van der Waals surface area contributed by atoms with Crippen molar-refractivity contribution in [3.8, 4) is 0 Å². The lowest BCUT2D eigenvalue weighted by Crippen LogP contribution is -2.21. The number of benzene rings is 2. The second kappa shape index (κ2) is 8.34. The third-order valence-corrected chi connectivity index (χ3v) is 3.32. The van der Waals surface area contributed by atoms with Crippen molar-refractivity contribution < 1.29 is 19.6 Å². The summed E-state index contributed by atoms with van der Waals surface area (Å²) in [7, 11) is 0. The third-order valence-electron chi connectivity index (χ3n) is 3.32. The molecular weight excluding hydrogens is 326 g/mol. The molecule has 0 heterocycles. The zero-order chi connectivity index (χ0) is 18.2. The molecule has 0 aliphatic heterocycles. The van der Waals surface area contributed by atoms with E-state index in [9.17, 15) is 19.7 Å². The van der Waals surface area contributed by atoms with Crippen LogP contribution < -0.4 is 5.43 Å². The van der Waals surface area contributed by atoms with Gasteiger partial charge in [0.25, 0.3) is 11.6 Å². The number of carbonyl (C=O) groups excluding carboxylic acids is 1. The number of nitro benzene ring substituents is 1. The summed E-state index contributed by atoms with van der Waals surface area (Å²) in [5, 5.41) is 23.8. The summed E-state index contributed by atoms with van der Waals surface area (Å²) in [4.78, 5) is 33.3. The van der Waals surface area contributed by atoms with Crippen molar-refractivity contribution in [3.05, 3.63) is 75.8 Å². The highest BCUT2D eigenvalue weighted by atomic mass is 16.6. The maximum absolute atomic E-state index is 12.2. The zero-order valence-corrected chi connectivity index (χ0v) is 13.1. The van der Waals surface area contributed by atoms with Gasteiger partial charge in [-0.3, -0.25) is 19.7 Å². The van der Waals surface area contributed by atoms with E-state index in [1.807, 2.05) is 0 Å². The van der Waals surface area contributed by atoms with E-state index in [0.717, 1.165) is 0 Å². The second-order valence-corrected chi connectivity index (χ2v) is 5.03. The van der Waals surface area contributed by atoms with Crippen LogP contribution in [0.4, 0.5) is 5.69 Å². The largest absolute Gasteiger partial charge is 0.481 e. The number of nitro groups is 1. The number of carboxylic acids is 1. The first-order chi connectivity index (χ1) is 12.0. The monoisotopic (exact) mass is 341 g/mol. The number of nitrogens with zero attached hydrogens (tertiary/aromatic N) is 2. The van der Waals surface area contributed by atoms with Crippen LogP contribution in [-0.4, -0.2) is 27.6 Å². The van der Waals surface area contributed by atoms with Gasteiger partial charge in [0.05, 0.1) is 17.1 Å². The maximum atomic E-state index is 12.2. The Morgan fingerprint density at radius 3 is 2.32 bits per heavy atom. The molecule has 1 amide bonds. The van der Waals surface area contributed by atoms with Gasteiger partial charge in [-0.25, -0.2) is 5.43 Å². The van der Waals surface area contributed by atoms with Crippen molar-refractivity contribution >= 4 is 23.3 Å². The summed E-state index contributed by atoms with van der Waals surface area (Å²) in [6.07, 6.45) is -0.0500. The van der Waals surface area contributed by atoms with Crippen LogP contribution in [0.3, 0.4) is 0 Å². The van der Waals surface area contributed by atoms with E-state index in [0.29, 0.717) is 11.3 Å². The standard InChI is InChI=1S/C17H15N3O5/c21-16(22)11-10-14(12-6-2-1-3-7-12)18-19-17(23)13-8-4-5-9-15(13)20(24)25/h1-9H,10-11H2,(H,19,23)(H,21,22)/b18-14+. The van der Waals surface area contributed by atoms with Gasteiger partial charge in [-0.1, -0.05) is 42.5 Å². The molecule has 25 heavy (non-hydrogen) atoms. The van der Waals surface area contributed by atoms with E-state index in [1.54, 1.807) is 30.3 Å². The molecule has 0 unspecified atom stereocenters. The molecule has 0 saturated carbocycles. The molecule has 0 fully saturated rings. The first kappa shape index (κ1) is 17.8. The van der Waals surface area contributed by atoms with Gasteiger partial charge < -0.3 is 5.11 Å². The molecule has 0 aliphatic rings. The molecule has 2 aromatic rings. The molecule has 2 rings (SSSR count). The Balaban J connectivity index is 2.24. The molecule has 0 saturated heterocycles. The summed E-state index contributed by atoms with van der Waals surface area (Å²) in [5.74, 6) is -1.73. The smallest absolute Gasteiger partial charge is 0.303 e. The van der Waals surface area contributed by atoms with Gasteiger partial charge >= 0.3 is 5.97 Å². The molecule has 0 aromatic heterocycles. The molecule has 2 N–H and O–H groups in total. The Morgan fingerprint density at radius 1 is 1.04 bits per heavy atom. The zero-order valence-electron chi connectivity index (χ0n) is 13.1. The first-order valence-corrected chi connectivity index (χ1v) is 7.36. The molecule has 128 valence electrons. The number of para-hydroxylation sites is 1. The highest BCUT2D eigenvalue weighted by molar-refractivity contribution is 6.03. The van der Waals surface area contributed by atoms with Gasteiger partial charge in [0.15, 0.2) is 0 Å². The van der Waals surface area contributed by atoms with E-state index in [2.05, 4.69) is 10.5 Å². The van der Waals surface area contributed by atoms with Gasteiger partial charge in [0, 0.05) is 12.5 Å². The molecule has 8 nitrogen and oxygen atoms in total. The molecule has 0 bridgehead atoms. The van der Waals surface area contributed by atoms with E-state index in [-0.39, 0.29) is 24.1 Å². The predicted molar refractivity (Wildman–Crippen MR) is 90.4 cm³/mol. The minimum atomic E-state index is -0.992. The van der Waals surface area contributed by atoms with Crippen molar-refractivity contribution in [2.24, 2.45) is 5.10 Å². The number of nitrogens with one attached hydrogen (secondary N) is 1. The van der Waals surface area contributed by atoms with Crippen molar-refractivity contribution in [2.45, 2.75) is 12.8 Å².